The normalized spacial score (nSPS) is 11.2. The Morgan fingerprint density at radius 3 is 1.39 bits per heavy atom. The molecule has 0 saturated heterocycles. The molecule has 2 rings (SSSR count). The maximum Gasteiger partial charge on any atom is 0.347 e. The van der Waals surface area contributed by atoms with Gasteiger partial charge in [-0.05, 0) is 43.0 Å². The van der Waals surface area contributed by atoms with E-state index in [2.05, 4.69) is 13.8 Å². The van der Waals surface area contributed by atoms with E-state index in [1.54, 1.807) is 12.1 Å². The Morgan fingerprint density at radius 1 is 0.490 bits per heavy atom. The zero-order valence-corrected chi connectivity index (χ0v) is 31.9. The largest absolute Gasteiger partial charge is 0.504 e. The van der Waals surface area contributed by atoms with Gasteiger partial charge in [-0.15, -0.1) is 0 Å². The molecule has 0 amide bonds. The van der Waals surface area contributed by atoms with Crippen molar-refractivity contribution in [1.29, 1.82) is 0 Å². The average Bonchev–Trinajstić information content (AvgIpc) is 3.11. The minimum atomic E-state index is -0.500. The van der Waals surface area contributed by atoms with Crippen LogP contribution in [-0.2, 0) is 6.42 Å². The van der Waals surface area contributed by atoms with Crippen LogP contribution in [0.1, 0.15) is 210 Å². The second-order valence-electron chi connectivity index (χ2n) is 14.4. The summed E-state index contributed by atoms with van der Waals surface area (Å²) in [5, 5.41) is 10.9. The van der Waals surface area contributed by atoms with Crippen LogP contribution < -0.4 is 9.47 Å². The molecular formula is C45H74O4. The van der Waals surface area contributed by atoms with Crippen LogP contribution in [0.5, 0.6) is 17.2 Å². The van der Waals surface area contributed by atoms with Gasteiger partial charge in [0.2, 0.25) is 0 Å². The van der Waals surface area contributed by atoms with Gasteiger partial charge in [0.05, 0.1) is 6.61 Å². The van der Waals surface area contributed by atoms with Gasteiger partial charge in [-0.2, -0.15) is 0 Å². The van der Waals surface area contributed by atoms with E-state index in [1.807, 2.05) is 30.3 Å². The molecule has 278 valence electrons. The van der Waals surface area contributed by atoms with Crippen LogP contribution in [0.4, 0.5) is 0 Å². The maximum atomic E-state index is 13.1. The van der Waals surface area contributed by atoms with Crippen LogP contribution in [0.3, 0.4) is 0 Å². The number of phenolic OH excluding ortho intramolecular Hbond substituents is 1. The van der Waals surface area contributed by atoms with Gasteiger partial charge in [0, 0.05) is 0 Å². The fourth-order valence-electron chi connectivity index (χ4n) is 6.76. The number of carbonyl (C=O) groups excluding carboxylic acids is 1. The number of esters is 1. The number of rotatable bonds is 33. The highest BCUT2D eigenvalue weighted by atomic mass is 16.5. The average molecular weight is 679 g/mol. The number of ether oxygens (including phenoxy) is 2. The van der Waals surface area contributed by atoms with E-state index in [-0.39, 0.29) is 11.5 Å². The van der Waals surface area contributed by atoms with Crippen LogP contribution >= 0.6 is 0 Å². The number of benzene rings is 2. The second kappa shape index (κ2) is 30.3. The third-order valence-electron chi connectivity index (χ3n) is 9.95. The quantitative estimate of drug-likeness (QED) is 0.0464. The predicted molar refractivity (Wildman–Crippen MR) is 209 cm³/mol. The van der Waals surface area contributed by atoms with Crippen molar-refractivity contribution in [3.63, 3.8) is 0 Å². The SMILES string of the molecule is CCCCCCCCCCCCCCCCOc1ccccc1C(=O)Oc1cccc(CCCCCCCCCCCCCCCC)c1O. The topological polar surface area (TPSA) is 55.8 Å². The predicted octanol–water partition coefficient (Wildman–Crippen LogP) is 14.5. The van der Waals surface area contributed by atoms with Crippen LogP contribution in [0, 0.1) is 0 Å². The number of para-hydroxylation sites is 2. The van der Waals surface area contributed by atoms with E-state index in [0.29, 0.717) is 17.9 Å². The maximum absolute atomic E-state index is 13.1. The van der Waals surface area contributed by atoms with Crippen LogP contribution in [0.15, 0.2) is 42.5 Å². The first kappa shape index (κ1) is 42.7. The van der Waals surface area contributed by atoms with Crippen molar-refractivity contribution in [2.24, 2.45) is 0 Å². The van der Waals surface area contributed by atoms with E-state index in [1.165, 1.54) is 154 Å². The van der Waals surface area contributed by atoms with E-state index < -0.39 is 5.97 Å². The lowest BCUT2D eigenvalue weighted by Gasteiger charge is -2.13. The molecule has 0 spiro atoms. The lowest BCUT2D eigenvalue weighted by Crippen LogP contribution is -2.11. The van der Waals surface area contributed by atoms with Gasteiger partial charge in [0.1, 0.15) is 11.3 Å². The summed E-state index contributed by atoms with van der Waals surface area (Å²) >= 11 is 0. The molecule has 1 N–H and O–H groups in total. The summed E-state index contributed by atoms with van der Waals surface area (Å²) in [6.07, 6.45) is 37.8. The molecule has 2 aromatic carbocycles. The first-order valence-corrected chi connectivity index (χ1v) is 20.9. The van der Waals surface area contributed by atoms with Crippen LogP contribution in [0.25, 0.3) is 0 Å². The van der Waals surface area contributed by atoms with Gasteiger partial charge < -0.3 is 14.6 Å². The Kier molecular flexibility index (Phi) is 26.4. The summed E-state index contributed by atoms with van der Waals surface area (Å²) in [4.78, 5) is 13.1. The number of hydrogen-bond acceptors (Lipinski definition) is 4. The van der Waals surface area contributed by atoms with Gasteiger partial charge in [0.25, 0.3) is 0 Å². The Bertz CT molecular complexity index is 1060. The molecule has 0 heterocycles. The number of carbonyl (C=O) groups is 1. The zero-order chi connectivity index (χ0) is 35.0. The Hall–Kier alpha value is -2.49. The summed E-state index contributed by atoms with van der Waals surface area (Å²) in [6.45, 7) is 5.14. The highest BCUT2D eigenvalue weighted by molar-refractivity contribution is 5.94. The van der Waals surface area contributed by atoms with Gasteiger partial charge in [-0.1, -0.05) is 205 Å². The molecule has 49 heavy (non-hydrogen) atoms. The van der Waals surface area contributed by atoms with Crippen molar-refractivity contribution in [2.45, 2.75) is 200 Å². The number of aromatic hydroxyl groups is 1. The van der Waals surface area contributed by atoms with Gasteiger partial charge in [0.15, 0.2) is 11.5 Å². The van der Waals surface area contributed by atoms with Crippen molar-refractivity contribution >= 4 is 5.97 Å². The van der Waals surface area contributed by atoms with Crippen LogP contribution in [-0.4, -0.2) is 17.7 Å². The molecule has 0 atom stereocenters. The minimum Gasteiger partial charge on any atom is -0.504 e. The molecule has 0 saturated carbocycles. The number of phenols is 1. The van der Waals surface area contributed by atoms with Gasteiger partial charge in [-0.3, -0.25) is 0 Å². The first-order chi connectivity index (χ1) is 24.2. The van der Waals surface area contributed by atoms with Crippen molar-refractivity contribution in [3.05, 3.63) is 53.6 Å². The molecule has 0 aromatic heterocycles. The standard InChI is InChI=1S/C45H74O4/c1-3-5-7-9-11-13-15-17-19-21-23-25-27-29-34-40-35-33-38-43(44(40)46)49-45(47)41-36-30-31-37-42(41)48-39-32-28-26-24-22-20-18-16-14-12-10-8-6-4-2/h30-31,33,35-38,46H,3-29,32,34,39H2,1-2H3. The molecule has 0 radical (unpaired) electrons. The van der Waals surface area contributed by atoms with E-state index in [9.17, 15) is 9.90 Å². The molecule has 0 aliphatic heterocycles. The number of aryl methyl sites for hydroxylation is 1. The fourth-order valence-corrected chi connectivity index (χ4v) is 6.76. The third kappa shape index (κ3) is 21.4. The monoisotopic (exact) mass is 679 g/mol. The first-order valence-electron chi connectivity index (χ1n) is 20.9. The summed E-state index contributed by atoms with van der Waals surface area (Å²) in [6, 6.07) is 12.7. The zero-order valence-electron chi connectivity index (χ0n) is 31.9. The summed E-state index contributed by atoms with van der Waals surface area (Å²) in [5.41, 5.74) is 1.23. The van der Waals surface area contributed by atoms with Crippen molar-refractivity contribution < 1.29 is 19.4 Å². The number of unbranched alkanes of at least 4 members (excludes halogenated alkanes) is 26. The molecule has 0 fully saturated rings. The smallest absolute Gasteiger partial charge is 0.347 e. The van der Waals surface area contributed by atoms with Crippen molar-refractivity contribution in [1.82, 2.24) is 0 Å². The Balaban J connectivity index is 1.58. The molecule has 0 bridgehead atoms. The summed E-state index contributed by atoms with van der Waals surface area (Å²) in [7, 11) is 0. The highest BCUT2D eigenvalue weighted by Crippen LogP contribution is 2.32. The van der Waals surface area contributed by atoms with E-state index in [4.69, 9.17) is 9.47 Å². The van der Waals surface area contributed by atoms with Gasteiger partial charge >= 0.3 is 5.97 Å². The second-order valence-corrected chi connectivity index (χ2v) is 14.4. The number of hydrogen-bond donors (Lipinski definition) is 1. The van der Waals surface area contributed by atoms with Crippen molar-refractivity contribution in [3.8, 4) is 17.2 Å². The highest BCUT2D eigenvalue weighted by Gasteiger charge is 2.17. The molecule has 2 aromatic rings. The Labute approximate surface area is 302 Å². The lowest BCUT2D eigenvalue weighted by molar-refractivity contribution is 0.0724. The Morgan fingerprint density at radius 2 is 0.898 bits per heavy atom. The summed E-state index contributed by atoms with van der Waals surface area (Å²) < 4.78 is 11.7. The van der Waals surface area contributed by atoms with Crippen LogP contribution in [0.2, 0.25) is 0 Å². The molecule has 4 nitrogen and oxygen atoms in total. The van der Waals surface area contributed by atoms with Gasteiger partial charge in [-0.25, -0.2) is 4.79 Å². The van der Waals surface area contributed by atoms with E-state index >= 15 is 0 Å². The molecule has 0 aliphatic carbocycles. The van der Waals surface area contributed by atoms with Crippen molar-refractivity contribution in [2.75, 3.05) is 6.61 Å². The third-order valence-corrected chi connectivity index (χ3v) is 9.95. The van der Waals surface area contributed by atoms with E-state index in [0.717, 1.165) is 37.7 Å². The minimum absolute atomic E-state index is 0.0753. The molecular weight excluding hydrogens is 604 g/mol. The molecule has 4 heteroatoms. The molecule has 0 unspecified atom stereocenters. The molecule has 0 aliphatic rings. The lowest BCUT2D eigenvalue weighted by atomic mass is 10.0. The summed E-state index contributed by atoms with van der Waals surface area (Å²) in [5.74, 6) is 0.335. The fraction of sp³-hybridized carbons (Fsp3) is 0.711.